The Morgan fingerprint density at radius 1 is 0.825 bits per heavy atom. The predicted molar refractivity (Wildman–Crippen MR) is 233 cm³/mol. The van der Waals surface area contributed by atoms with E-state index in [9.17, 15) is 14.4 Å². The molecule has 4 rings (SSSR count). The third kappa shape index (κ3) is 13.5. The first-order valence-corrected chi connectivity index (χ1v) is 21.4. The number of anilines is 1. The molecule has 11 nitrogen and oxygen atoms in total. The molecule has 1 unspecified atom stereocenters. The van der Waals surface area contributed by atoms with Crippen LogP contribution >= 0.6 is 0 Å². The van der Waals surface area contributed by atoms with Crippen LogP contribution in [0.5, 0.6) is 0 Å². The Hall–Kier alpha value is -4.09. The minimum Gasteiger partial charge on any atom is -0.356 e. The van der Waals surface area contributed by atoms with Gasteiger partial charge in [0.05, 0.1) is 24.5 Å². The summed E-state index contributed by atoms with van der Waals surface area (Å²) in [6, 6.07) is 16.6. The number of benzene rings is 2. The summed E-state index contributed by atoms with van der Waals surface area (Å²) in [6.07, 6.45) is 6.35. The van der Waals surface area contributed by atoms with E-state index in [-0.39, 0.29) is 41.5 Å². The lowest BCUT2D eigenvalue weighted by Crippen LogP contribution is -2.52. The van der Waals surface area contributed by atoms with Crippen molar-refractivity contribution in [2.75, 3.05) is 38.1 Å². The topological polar surface area (TPSA) is 124 Å². The molecule has 3 N–H and O–H groups in total. The molecule has 1 aliphatic heterocycles. The van der Waals surface area contributed by atoms with Gasteiger partial charge in [-0.1, -0.05) is 109 Å². The molecule has 3 amide bonds. The summed E-state index contributed by atoms with van der Waals surface area (Å²) >= 11 is 0. The van der Waals surface area contributed by atoms with Crippen LogP contribution in [0.2, 0.25) is 0 Å². The van der Waals surface area contributed by atoms with Gasteiger partial charge in [0.2, 0.25) is 17.7 Å². The predicted octanol–water partition coefficient (Wildman–Crippen LogP) is 7.84. The SMILES string of the molecule is CC(C)NCCCCCCn1nnc2c1-c1ccccc1CN(C(=O)CCC(=O)NCCC(C)(C)CCN(C)CC(=O)NC(C)(C)C(C)C(C)C)c1ccccc1-2. The third-order valence-electron chi connectivity index (χ3n) is 11.8. The van der Waals surface area contributed by atoms with E-state index in [1.165, 1.54) is 6.42 Å². The average Bonchev–Trinajstić information content (AvgIpc) is 3.56. The van der Waals surface area contributed by atoms with Crippen LogP contribution in [0.4, 0.5) is 5.69 Å². The van der Waals surface area contributed by atoms with Crippen molar-refractivity contribution in [3.63, 3.8) is 0 Å². The molecule has 0 bridgehead atoms. The molecule has 1 aromatic heterocycles. The van der Waals surface area contributed by atoms with E-state index in [2.05, 4.69) is 101 Å². The number of unbranched alkanes of at least 4 members (excludes halogenated alkanes) is 3. The van der Waals surface area contributed by atoms with Crippen LogP contribution in [0.15, 0.2) is 48.5 Å². The van der Waals surface area contributed by atoms with E-state index in [1.807, 2.05) is 48.1 Å². The van der Waals surface area contributed by atoms with Gasteiger partial charge in [0.1, 0.15) is 5.69 Å². The first-order valence-electron chi connectivity index (χ1n) is 21.4. The number of likely N-dealkylation sites (N-methyl/N-ethyl adjacent to an activating group) is 1. The van der Waals surface area contributed by atoms with Gasteiger partial charge in [0, 0.05) is 48.6 Å². The van der Waals surface area contributed by atoms with Gasteiger partial charge < -0.3 is 20.9 Å². The van der Waals surface area contributed by atoms with Crippen molar-refractivity contribution in [3.05, 3.63) is 54.1 Å². The summed E-state index contributed by atoms with van der Waals surface area (Å²) in [5, 5.41) is 19.1. The van der Waals surface area contributed by atoms with Crippen molar-refractivity contribution in [2.24, 2.45) is 17.3 Å². The molecular weight excluding hydrogens is 713 g/mol. The normalized spacial score (nSPS) is 13.5. The summed E-state index contributed by atoms with van der Waals surface area (Å²) in [6.45, 7) is 23.3. The Kier molecular flexibility index (Phi) is 16.9. The van der Waals surface area contributed by atoms with Gasteiger partial charge in [0.15, 0.2) is 0 Å². The van der Waals surface area contributed by atoms with E-state index in [1.54, 1.807) is 4.90 Å². The Morgan fingerprint density at radius 3 is 2.23 bits per heavy atom. The second-order valence-corrected chi connectivity index (χ2v) is 18.2. The largest absolute Gasteiger partial charge is 0.356 e. The molecule has 0 saturated heterocycles. The number of rotatable bonds is 22. The smallest absolute Gasteiger partial charge is 0.234 e. The fourth-order valence-electron chi connectivity index (χ4n) is 7.60. The first-order chi connectivity index (χ1) is 27.0. The molecular formula is C46H72N8O3. The lowest BCUT2D eigenvalue weighted by Gasteiger charge is -2.36. The number of fused-ring (bicyclic) bond motifs is 5. The zero-order valence-electron chi connectivity index (χ0n) is 36.7. The number of aromatic nitrogens is 3. The molecule has 0 fully saturated rings. The fraction of sp³-hybridized carbons (Fsp3) is 0.630. The number of amides is 3. The zero-order valence-corrected chi connectivity index (χ0v) is 36.7. The first kappa shape index (κ1) is 45.6. The molecule has 0 spiro atoms. The number of carbonyl (C=O) groups excluding carboxylic acids is 3. The van der Waals surface area contributed by atoms with Crippen molar-refractivity contribution < 1.29 is 14.4 Å². The van der Waals surface area contributed by atoms with Gasteiger partial charge in [-0.05, 0) is 88.5 Å². The maximum atomic E-state index is 14.0. The summed E-state index contributed by atoms with van der Waals surface area (Å²) in [7, 11) is 1.98. The van der Waals surface area contributed by atoms with Crippen LogP contribution in [-0.2, 0) is 27.5 Å². The van der Waals surface area contributed by atoms with Crippen molar-refractivity contribution in [2.45, 2.75) is 138 Å². The second-order valence-electron chi connectivity index (χ2n) is 18.2. The molecule has 57 heavy (non-hydrogen) atoms. The standard InChI is InChI=1S/C46H72N8O3/c1-33(2)35(5)46(8,9)49-41(56)32-52(10)30-26-45(6,7)25-28-48-40(55)23-24-42(57)53-31-36-19-13-14-20-37(36)44-43(38-21-15-16-22-39(38)53)50-51-54(44)29-18-12-11-17-27-47-34(3)4/h13-16,19-22,33-35,47H,11-12,17-18,23-32H2,1-10H3,(H,48,55)(H,49,56). The van der Waals surface area contributed by atoms with Crippen LogP contribution in [0.3, 0.4) is 0 Å². The Labute approximate surface area is 343 Å². The quantitative estimate of drug-likeness (QED) is 0.0888. The van der Waals surface area contributed by atoms with Crippen LogP contribution in [0.1, 0.15) is 119 Å². The van der Waals surface area contributed by atoms with Gasteiger partial charge in [0.25, 0.3) is 0 Å². The van der Waals surface area contributed by atoms with Crippen molar-refractivity contribution in [1.82, 2.24) is 35.8 Å². The molecule has 2 heterocycles. The van der Waals surface area contributed by atoms with Crippen molar-refractivity contribution in [3.8, 4) is 22.5 Å². The zero-order chi connectivity index (χ0) is 41.8. The molecule has 0 aliphatic carbocycles. The highest BCUT2D eigenvalue weighted by atomic mass is 16.2. The number of hydrogen-bond acceptors (Lipinski definition) is 7. The summed E-state index contributed by atoms with van der Waals surface area (Å²) in [5.74, 6) is 0.638. The molecule has 1 atom stereocenters. The number of para-hydroxylation sites is 1. The highest BCUT2D eigenvalue weighted by Crippen LogP contribution is 2.41. The molecule has 1 aliphatic rings. The average molecular weight is 785 g/mol. The molecule has 2 aromatic carbocycles. The van der Waals surface area contributed by atoms with Crippen LogP contribution < -0.4 is 20.9 Å². The van der Waals surface area contributed by atoms with E-state index in [0.717, 1.165) is 85.5 Å². The van der Waals surface area contributed by atoms with Gasteiger partial charge in [-0.15, -0.1) is 5.10 Å². The van der Waals surface area contributed by atoms with Crippen molar-refractivity contribution >= 4 is 23.4 Å². The Morgan fingerprint density at radius 2 is 1.51 bits per heavy atom. The second kappa shape index (κ2) is 21.1. The van der Waals surface area contributed by atoms with Crippen LogP contribution in [-0.4, -0.2) is 82.4 Å². The minimum absolute atomic E-state index is 0.0352. The number of nitrogens with one attached hydrogen (secondary N) is 3. The molecule has 314 valence electrons. The van der Waals surface area contributed by atoms with Gasteiger partial charge in [-0.2, -0.15) is 0 Å². The van der Waals surface area contributed by atoms with E-state index in [0.29, 0.717) is 37.5 Å². The third-order valence-corrected chi connectivity index (χ3v) is 11.8. The lowest BCUT2D eigenvalue weighted by atomic mass is 9.81. The summed E-state index contributed by atoms with van der Waals surface area (Å²) in [4.78, 5) is 43.8. The maximum Gasteiger partial charge on any atom is 0.234 e. The highest BCUT2D eigenvalue weighted by molar-refractivity contribution is 6.01. The molecule has 0 saturated carbocycles. The van der Waals surface area contributed by atoms with E-state index < -0.39 is 0 Å². The summed E-state index contributed by atoms with van der Waals surface area (Å²) in [5.41, 5.74) is 5.15. The molecule has 3 aromatic rings. The number of hydrogen-bond donors (Lipinski definition) is 3. The van der Waals surface area contributed by atoms with Crippen molar-refractivity contribution in [1.29, 1.82) is 0 Å². The minimum atomic E-state index is -0.270. The van der Waals surface area contributed by atoms with Gasteiger partial charge in [-0.25, -0.2) is 4.68 Å². The van der Waals surface area contributed by atoms with E-state index in [4.69, 9.17) is 5.10 Å². The molecule has 0 radical (unpaired) electrons. The van der Waals surface area contributed by atoms with Crippen LogP contribution in [0, 0.1) is 17.3 Å². The Bertz CT molecular complexity index is 1760. The summed E-state index contributed by atoms with van der Waals surface area (Å²) < 4.78 is 2.04. The van der Waals surface area contributed by atoms with Crippen LogP contribution in [0.25, 0.3) is 22.5 Å². The fourth-order valence-corrected chi connectivity index (χ4v) is 7.60. The highest BCUT2D eigenvalue weighted by Gasteiger charge is 2.31. The number of aryl methyl sites for hydroxylation is 1. The monoisotopic (exact) mass is 785 g/mol. The Balaban J connectivity index is 1.31. The lowest BCUT2D eigenvalue weighted by molar-refractivity contribution is -0.125. The van der Waals surface area contributed by atoms with Gasteiger partial charge >= 0.3 is 0 Å². The van der Waals surface area contributed by atoms with E-state index >= 15 is 0 Å². The maximum absolute atomic E-state index is 14.0. The van der Waals surface area contributed by atoms with Gasteiger partial charge in [-0.3, -0.25) is 19.3 Å². The number of nitrogens with zero attached hydrogens (tertiary/aromatic N) is 5. The number of carbonyl (C=O) groups is 3. The molecule has 11 heteroatoms.